The predicted octanol–water partition coefficient (Wildman–Crippen LogP) is 6.21. The number of benzene rings is 2. The van der Waals surface area contributed by atoms with Gasteiger partial charge in [-0.3, -0.25) is 14.5 Å². The lowest BCUT2D eigenvalue weighted by molar-refractivity contribution is -0.117. The maximum Gasteiger partial charge on any atom is 0.294 e. The molecule has 0 bridgehead atoms. The normalized spacial score (nSPS) is 16.4. The topological polar surface area (TPSA) is 70.8 Å². The molecule has 0 saturated carbocycles. The number of fused-ring (bicyclic) bond motifs is 1. The third-order valence-corrected chi connectivity index (χ3v) is 6.31. The van der Waals surface area contributed by atoms with Gasteiger partial charge in [-0.25, -0.2) is 8.78 Å². The van der Waals surface area contributed by atoms with E-state index >= 15 is 0 Å². The van der Waals surface area contributed by atoms with Crippen molar-refractivity contribution in [3.8, 4) is 0 Å². The Hall–Kier alpha value is -3.49. The summed E-state index contributed by atoms with van der Waals surface area (Å²) in [6.45, 7) is 0. The fourth-order valence-corrected chi connectivity index (χ4v) is 4.72. The second-order valence-corrected chi connectivity index (χ2v) is 8.49. The number of nitrogens with zero attached hydrogens (tertiary/aromatic N) is 1. The van der Waals surface area contributed by atoms with Crippen LogP contribution in [0.1, 0.15) is 21.5 Å². The van der Waals surface area contributed by atoms with Gasteiger partial charge in [0.15, 0.2) is 23.2 Å². The molecule has 0 radical (unpaired) electrons. The van der Waals surface area contributed by atoms with E-state index in [0.717, 1.165) is 17.0 Å². The van der Waals surface area contributed by atoms with Crippen LogP contribution in [0.5, 0.6) is 0 Å². The highest BCUT2D eigenvalue weighted by Gasteiger charge is 2.46. The van der Waals surface area contributed by atoms with Crippen LogP contribution in [-0.2, 0) is 4.79 Å². The van der Waals surface area contributed by atoms with Crippen molar-refractivity contribution in [2.75, 3.05) is 4.90 Å². The summed E-state index contributed by atoms with van der Waals surface area (Å²) in [7, 11) is 0. The molecule has 1 N–H and O–H groups in total. The summed E-state index contributed by atoms with van der Waals surface area (Å²) in [5.74, 6) is -4.72. The Bertz CT molecular complexity index is 1430. The van der Waals surface area contributed by atoms with E-state index in [9.17, 15) is 23.5 Å². The number of furan rings is 1. The molecule has 5 rings (SSSR count). The molecule has 0 saturated heterocycles. The van der Waals surface area contributed by atoms with Crippen molar-refractivity contribution in [3.05, 3.63) is 98.6 Å². The first-order valence-corrected chi connectivity index (χ1v) is 10.6. The maximum absolute atomic E-state index is 13.9. The summed E-state index contributed by atoms with van der Waals surface area (Å²) in [6.07, 6.45) is 0. The Morgan fingerprint density at radius 1 is 1.09 bits per heavy atom. The highest BCUT2D eigenvalue weighted by Crippen LogP contribution is 2.44. The van der Waals surface area contributed by atoms with E-state index in [1.807, 2.05) is 0 Å². The quantitative estimate of drug-likeness (QED) is 0.359. The molecule has 3 heterocycles. The first-order chi connectivity index (χ1) is 15.3. The number of hydrogen-bond acceptors (Lipinski definition) is 5. The number of anilines is 1. The Labute approximate surface area is 188 Å². The van der Waals surface area contributed by atoms with Crippen molar-refractivity contribution in [3.63, 3.8) is 0 Å². The van der Waals surface area contributed by atoms with E-state index in [2.05, 4.69) is 0 Å². The first kappa shape index (κ1) is 20.4. The molecule has 1 aliphatic heterocycles. The van der Waals surface area contributed by atoms with Crippen molar-refractivity contribution >= 4 is 51.3 Å². The fraction of sp³-hybridized carbons (Fsp3) is 0.0435. The number of amides is 1. The lowest BCUT2D eigenvalue weighted by Crippen LogP contribution is -2.30. The third-order valence-electron chi connectivity index (χ3n) is 5.15. The smallest absolute Gasteiger partial charge is 0.294 e. The second-order valence-electron chi connectivity index (χ2n) is 7.08. The van der Waals surface area contributed by atoms with Crippen molar-refractivity contribution < 1.29 is 27.9 Å². The number of ketones is 1. The van der Waals surface area contributed by atoms with Gasteiger partial charge in [0.2, 0.25) is 5.78 Å². The molecule has 32 heavy (non-hydrogen) atoms. The average molecular weight is 472 g/mol. The summed E-state index contributed by atoms with van der Waals surface area (Å²) in [4.78, 5) is 28.0. The molecular formula is C23H12ClF2NO4S. The zero-order chi connectivity index (χ0) is 22.6. The number of halogens is 3. The van der Waals surface area contributed by atoms with Crippen LogP contribution >= 0.6 is 22.9 Å². The van der Waals surface area contributed by atoms with Crippen LogP contribution in [-0.4, -0.2) is 16.8 Å². The molecule has 1 unspecified atom stereocenters. The van der Waals surface area contributed by atoms with Crippen LogP contribution in [0.4, 0.5) is 14.5 Å². The highest BCUT2D eigenvalue weighted by atomic mass is 35.5. The van der Waals surface area contributed by atoms with Crippen LogP contribution in [0.2, 0.25) is 5.02 Å². The maximum atomic E-state index is 13.9. The number of Topliss-reactive ketones (excluding diaryl/α,β-unsaturated/α-hetero) is 1. The van der Waals surface area contributed by atoms with Crippen molar-refractivity contribution in [1.82, 2.24) is 0 Å². The van der Waals surface area contributed by atoms with E-state index in [1.54, 1.807) is 35.7 Å². The van der Waals surface area contributed by atoms with Crippen LogP contribution in [0.15, 0.2) is 75.7 Å². The zero-order valence-corrected chi connectivity index (χ0v) is 17.6. The van der Waals surface area contributed by atoms with Crippen molar-refractivity contribution in [2.24, 2.45) is 0 Å². The molecule has 2 aromatic carbocycles. The van der Waals surface area contributed by atoms with Gasteiger partial charge in [-0.05, 0) is 47.8 Å². The largest absolute Gasteiger partial charge is 0.503 e. The van der Waals surface area contributed by atoms with E-state index < -0.39 is 35.1 Å². The third kappa shape index (κ3) is 3.19. The van der Waals surface area contributed by atoms with Gasteiger partial charge in [0.25, 0.3) is 5.91 Å². The zero-order valence-electron chi connectivity index (χ0n) is 16.0. The molecule has 1 amide bonds. The molecule has 9 heteroatoms. The van der Waals surface area contributed by atoms with Gasteiger partial charge in [-0.1, -0.05) is 17.7 Å². The van der Waals surface area contributed by atoms with Gasteiger partial charge in [-0.15, -0.1) is 11.3 Å². The molecule has 0 spiro atoms. The van der Waals surface area contributed by atoms with Crippen LogP contribution in [0.3, 0.4) is 0 Å². The summed E-state index contributed by atoms with van der Waals surface area (Å²) >= 11 is 7.24. The van der Waals surface area contributed by atoms with Crippen LogP contribution in [0, 0.1) is 11.6 Å². The van der Waals surface area contributed by atoms with Crippen LogP contribution in [0.25, 0.3) is 11.0 Å². The molecule has 5 nitrogen and oxygen atoms in total. The molecular weight excluding hydrogens is 460 g/mol. The Balaban J connectivity index is 1.64. The molecule has 2 aromatic heterocycles. The summed E-state index contributed by atoms with van der Waals surface area (Å²) in [6, 6.07) is 11.6. The number of carbonyl (C=O) groups excluding carboxylic acids is 2. The lowest BCUT2D eigenvalue weighted by atomic mass is 10.00. The summed E-state index contributed by atoms with van der Waals surface area (Å²) < 4.78 is 33.0. The predicted molar refractivity (Wildman–Crippen MR) is 116 cm³/mol. The van der Waals surface area contributed by atoms with Gasteiger partial charge in [0, 0.05) is 27.0 Å². The number of thiophene rings is 1. The minimum absolute atomic E-state index is 0.00182. The van der Waals surface area contributed by atoms with Gasteiger partial charge in [0.1, 0.15) is 11.6 Å². The average Bonchev–Trinajstić information content (AvgIpc) is 3.49. The summed E-state index contributed by atoms with van der Waals surface area (Å²) in [5, 5.41) is 13.4. The molecule has 0 aliphatic carbocycles. The number of aliphatic hydroxyl groups is 1. The van der Waals surface area contributed by atoms with Crippen LogP contribution < -0.4 is 4.90 Å². The van der Waals surface area contributed by atoms with E-state index in [0.29, 0.717) is 20.9 Å². The number of hydrogen-bond donors (Lipinski definition) is 1. The Morgan fingerprint density at radius 2 is 1.91 bits per heavy atom. The molecule has 160 valence electrons. The Kier molecular flexibility index (Phi) is 4.83. The van der Waals surface area contributed by atoms with Gasteiger partial charge in [0.05, 0.1) is 5.57 Å². The minimum atomic E-state index is -1.16. The monoisotopic (exact) mass is 471 g/mol. The fourth-order valence-electron chi connectivity index (χ4n) is 3.71. The SMILES string of the molecule is O=C(C1=C(O)C(=O)N(c2ccc(F)c(F)c2)C1c1cccs1)c1cc2cc(Cl)ccc2o1. The molecule has 1 atom stereocenters. The summed E-state index contributed by atoms with van der Waals surface area (Å²) in [5.41, 5.74) is 0.192. The first-order valence-electron chi connectivity index (χ1n) is 9.34. The molecule has 1 aliphatic rings. The van der Waals surface area contributed by atoms with Crippen molar-refractivity contribution in [1.29, 1.82) is 0 Å². The highest BCUT2D eigenvalue weighted by molar-refractivity contribution is 7.10. The second kappa shape index (κ2) is 7.58. The number of rotatable bonds is 4. The number of carbonyl (C=O) groups is 2. The molecule has 0 fully saturated rings. The molecule has 4 aromatic rings. The van der Waals surface area contributed by atoms with Gasteiger partial charge < -0.3 is 9.52 Å². The number of aliphatic hydroxyl groups excluding tert-OH is 1. The van der Waals surface area contributed by atoms with E-state index in [-0.39, 0.29) is 17.0 Å². The van der Waals surface area contributed by atoms with Gasteiger partial charge in [-0.2, -0.15) is 0 Å². The standard InChI is InChI=1S/C23H12ClF2NO4S/c24-12-3-6-16-11(8-12)9-17(31-16)21(28)19-20(18-2-1-7-32-18)27(23(30)22(19)29)13-4-5-14(25)15(26)10-13/h1-10,20,29H. The minimum Gasteiger partial charge on any atom is -0.503 e. The lowest BCUT2D eigenvalue weighted by Gasteiger charge is -2.25. The van der Waals surface area contributed by atoms with Crippen molar-refractivity contribution in [2.45, 2.75) is 6.04 Å². The van der Waals surface area contributed by atoms with E-state index in [4.69, 9.17) is 16.0 Å². The van der Waals surface area contributed by atoms with E-state index in [1.165, 1.54) is 23.5 Å². The Morgan fingerprint density at radius 3 is 2.62 bits per heavy atom. The van der Waals surface area contributed by atoms with Gasteiger partial charge >= 0.3 is 0 Å².